The van der Waals surface area contributed by atoms with Crippen LogP contribution in [-0.2, 0) is 9.59 Å². The molecule has 0 aromatic rings. The van der Waals surface area contributed by atoms with Gasteiger partial charge in [-0.1, -0.05) is 27.2 Å². The number of carbonyl (C=O) groups excluding carboxylic acids is 1. The van der Waals surface area contributed by atoms with Crippen molar-refractivity contribution in [2.24, 2.45) is 11.7 Å². The number of amides is 1. The molecule has 0 saturated carbocycles. The molecule has 16 heavy (non-hydrogen) atoms. The molecule has 0 radical (unpaired) electrons. The van der Waals surface area contributed by atoms with Gasteiger partial charge in [-0.05, 0) is 19.3 Å². The third kappa shape index (κ3) is 3.81. The van der Waals surface area contributed by atoms with Crippen molar-refractivity contribution in [1.29, 1.82) is 0 Å². The summed E-state index contributed by atoms with van der Waals surface area (Å²) in [5, 5.41) is 11.5. The molecule has 5 nitrogen and oxygen atoms in total. The molecule has 4 N–H and O–H groups in total. The number of carboxylic acid groups (broad SMARTS) is 1. The highest BCUT2D eigenvalue weighted by molar-refractivity contribution is 5.89. The summed E-state index contributed by atoms with van der Waals surface area (Å²) < 4.78 is 0. The fourth-order valence-electron chi connectivity index (χ4n) is 1.15. The SMILES string of the molecule is CC[C@H](C)[C@H](NC(=O)C(C)(N)CC)C(=O)O. The normalized spacial score (nSPS) is 18.3. The third-order valence-electron chi connectivity index (χ3n) is 3.02. The minimum Gasteiger partial charge on any atom is -0.480 e. The maximum absolute atomic E-state index is 11.7. The van der Waals surface area contributed by atoms with E-state index in [0.717, 1.165) is 0 Å². The van der Waals surface area contributed by atoms with Gasteiger partial charge in [0, 0.05) is 0 Å². The molecule has 5 heteroatoms. The fourth-order valence-corrected chi connectivity index (χ4v) is 1.15. The van der Waals surface area contributed by atoms with Crippen molar-refractivity contribution in [1.82, 2.24) is 5.32 Å². The average molecular weight is 230 g/mol. The van der Waals surface area contributed by atoms with Gasteiger partial charge in [0.1, 0.15) is 6.04 Å². The molecule has 0 aliphatic rings. The standard InChI is InChI=1S/C11H22N2O3/c1-5-7(3)8(9(14)15)13-10(16)11(4,12)6-2/h7-8H,5-6,12H2,1-4H3,(H,13,16)(H,14,15)/t7-,8-,11?/m0/s1. The van der Waals surface area contributed by atoms with E-state index in [1.807, 2.05) is 6.92 Å². The van der Waals surface area contributed by atoms with Crippen LogP contribution in [0.3, 0.4) is 0 Å². The smallest absolute Gasteiger partial charge is 0.326 e. The second-order valence-corrected chi connectivity index (χ2v) is 4.45. The van der Waals surface area contributed by atoms with Gasteiger partial charge in [0.25, 0.3) is 0 Å². The van der Waals surface area contributed by atoms with Crippen LogP contribution in [0.4, 0.5) is 0 Å². The van der Waals surface area contributed by atoms with Gasteiger partial charge < -0.3 is 16.2 Å². The number of carboxylic acids is 1. The van der Waals surface area contributed by atoms with Crippen LogP contribution in [-0.4, -0.2) is 28.6 Å². The summed E-state index contributed by atoms with van der Waals surface area (Å²) in [6.45, 7) is 7.06. The van der Waals surface area contributed by atoms with Gasteiger partial charge in [-0.2, -0.15) is 0 Å². The Labute approximate surface area is 96.4 Å². The Morgan fingerprint density at radius 2 is 1.94 bits per heavy atom. The van der Waals surface area contributed by atoms with E-state index in [0.29, 0.717) is 12.8 Å². The molecule has 0 rings (SSSR count). The summed E-state index contributed by atoms with van der Waals surface area (Å²) in [5.41, 5.74) is 4.73. The second kappa shape index (κ2) is 5.84. The van der Waals surface area contributed by atoms with E-state index in [-0.39, 0.29) is 5.92 Å². The third-order valence-corrected chi connectivity index (χ3v) is 3.02. The van der Waals surface area contributed by atoms with Crippen molar-refractivity contribution in [2.45, 2.75) is 52.1 Å². The second-order valence-electron chi connectivity index (χ2n) is 4.45. The highest BCUT2D eigenvalue weighted by Gasteiger charge is 2.32. The van der Waals surface area contributed by atoms with Crippen molar-refractivity contribution >= 4 is 11.9 Å². The predicted octanol–water partition coefficient (Wildman–Crippen LogP) is 0.729. The van der Waals surface area contributed by atoms with E-state index in [4.69, 9.17) is 10.8 Å². The van der Waals surface area contributed by atoms with Gasteiger partial charge in [-0.25, -0.2) is 4.79 Å². The highest BCUT2D eigenvalue weighted by Crippen LogP contribution is 2.11. The Morgan fingerprint density at radius 1 is 1.44 bits per heavy atom. The molecule has 0 aliphatic heterocycles. The lowest BCUT2D eigenvalue weighted by Gasteiger charge is -2.26. The van der Waals surface area contributed by atoms with Crippen LogP contribution in [0.2, 0.25) is 0 Å². The molecule has 1 unspecified atom stereocenters. The summed E-state index contributed by atoms with van der Waals surface area (Å²) in [7, 11) is 0. The highest BCUT2D eigenvalue weighted by atomic mass is 16.4. The van der Waals surface area contributed by atoms with Crippen LogP contribution in [0.25, 0.3) is 0 Å². The van der Waals surface area contributed by atoms with E-state index in [1.165, 1.54) is 0 Å². The molecular weight excluding hydrogens is 208 g/mol. The Kier molecular flexibility index (Phi) is 5.44. The van der Waals surface area contributed by atoms with Gasteiger partial charge in [0.05, 0.1) is 5.54 Å². The Balaban J connectivity index is 4.65. The summed E-state index contributed by atoms with van der Waals surface area (Å²) in [4.78, 5) is 22.7. The summed E-state index contributed by atoms with van der Waals surface area (Å²) >= 11 is 0. The van der Waals surface area contributed by atoms with Crippen LogP contribution in [0.5, 0.6) is 0 Å². The van der Waals surface area contributed by atoms with E-state index in [1.54, 1.807) is 20.8 Å². The monoisotopic (exact) mass is 230 g/mol. The number of carbonyl (C=O) groups is 2. The molecule has 0 aromatic heterocycles. The topological polar surface area (TPSA) is 92.4 Å². The maximum atomic E-state index is 11.7. The fraction of sp³-hybridized carbons (Fsp3) is 0.818. The first kappa shape index (κ1) is 14.9. The van der Waals surface area contributed by atoms with E-state index in [2.05, 4.69) is 5.32 Å². The number of nitrogens with two attached hydrogens (primary N) is 1. The van der Waals surface area contributed by atoms with Gasteiger partial charge in [-0.3, -0.25) is 4.79 Å². The van der Waals surface area contributed by atoms with Gasteiger partial charge >= 0.3 is 5.97 Å². The first-order valence-corrected chi connectivity index (χ1v) is 5.58. The molecule has 0 heterocycles. The lowest BCUT2D eigenvalue weighted by atomic mass is 9.95. The van der Waals surface area contributed by atoms with Crippen LogP contribution in [0.1, 0.15) is 40.5 Å². The zero-order valence-electron chi connectivity index (χ0n) is 10.4. The van der Waals surface area contributed by atoms with Crippen molar-refractivity contribution < 1.29 is 14.7 Å². The Morgan fingerprint density at radius 3 is 2.25 bits per heavy atom. The molecule has 0 aliphatic carbocycles. The zero-order chi connectivity index (χ0) is 12.9. The molecule has 0 bridgehead atoms. The lowest BCUT2D eigenvalue weighted by Crippen LogP contribution is -2.56. The van der Waals surface area contributed by atoms with Gasteiger partial charge in [0.15, 0.2) is 0 Å². The quantitative estimate of drug-likeness (QED) is 0.627. The van der Waals surface area contributed by atoms with E-state index < -0.39 is 23.5 Å². The van der Waals surface area contributed by atoms with Crippen molar-refractivity contribution in [2.75, 3.05) is 0 Å². The van der Waals surface area contributed by atoms with E-state index >= 15 is 0 Å². The molecule has 0 fully saturated rings. The van der Waals surface area contributed by atoms with Gasteiger partial charge in [-0.15, -0.1) is 0 Å². The number of rotatable bonds is 6. The number of aliphatic carboxylic acids is 1. The first-order chi connectivity index (χ1) is 7.26. The Bertz CT molecular complexity index is 264. The van der Waals surface area contributed by atoms with Crippen LogP contribution >= 0.6 is 0 Å². The van der Waals surface area contributed by atoms with Crippen molar-refractivity contribution in [3.8, 4) is 0 Å². The maximum Gasteiger partial charge on any atom is 0.326 e. The van der Waals surface area contributed by atoms with E-state index in [9.17, 15) is 9.59 Å². The van der Waals surface area contributed by atoms with Crippen molar-refractivity contribution in [3.63, 3.8) is 0 Å². The molecule has 94 valence electrons. The number of nitrogens with one attached hydrogen (secondary N) is 1. The summed E-state index contributed by atoms with van der Waals surface area (Å²) in [6, 6.07) is -0.869. The molecule has 0 aromatic carbocycles. The lowest BCUT2D eigenvalue weighted by molar-refractivity contribution is -0.144. The minimum atomic E-state index is -1.02. The van der Waals surface area contributed by atoms with Gasteiger partial charge in [0.2, 0.25) is 5.91 Å². The number of hydrogen-bond donors (Lipinski definition) is 3. The molecule has 0 saturated heterocycles. The Hall–Kier alpha value is -1.10. The number of hydrogen-bond acceptors (Lipinski definition) is 3. The molecule has 1 amide bonds. The van der Waals surface area contributed by atoms with Crippen molar-refractivity contribution in [3.05, 3.63) is 0 Å². The first-order valence-electron chi connectivity index (χ1n) is 5.58. The van der Waals surface area contributed by atoms with Crippen LogP contribution in [0.15, 0.2) is 0 Å². The molecular formula is C11H22N2O3. The van der Waals surface area contributed by atoms with Crippen LogP contribution in [0, 0.1) is 5.92 Å². The predicted molar refractivity (Wildman–Crippen MR) is 61.9 cm³/mol. The summed E-state index contributed by atoms with van der Waals surface area (Å²) in [5.74, 6) is -1.55. The zero-order valence-corrected chi connectivity index (χ0v) is 10.4. The summed E-state index contributed by atoms with van der Waals surface area (Å²) in [6.07, 6.45) is 1.15. The molecule has 0 spiro atoms. The largest absolute Gasteiger partial charge is 0.480 e. The van der Waals surface area contributed by atoms with Crippen LogP contribution < -0.4 is 11.1 Å². The minimum absolute atomic E-state index is 0.117. The molecule has 3 atom stereocenters. The average Bonchev–Trinajstić information content (AvgIpc) is 2.23.